The highest BCUT2D eigenvalue weighted by atomic mass is 35.5. The summed E-state index contributed by atoms with van der Waals surface area (Å²) >= 11 is 12.1. The molecule has 7 nitrogen and oxygen atoms in total. The van der Waals surface area contributed by atoms with Gasteiger partial charge in [0.25, 0.3) is 0 Å². The van der Waals surface area contributed by atoms with Crippen LogP contribution in [0.5, 0.6) is 0 Å². The van der Waals surface area contributed by atoms with Crippen LogP contribution in [0.15, 0.2) is 36.4 Å². The van der Waals surface area contributed by atoms with Crippen LogP contribution in [-0.4, -0.2) is 32.0 Å². The van der Waals surface area contributed by atoms with E-state index in [0.29, 0.717) is 40.6 Å². The zero-order valence-electron chi connectivity index (χ0n) is 14.9. The van der Waals surface area contributed by atoms with Crippen molar-refractivity contribution in [2.45, 2.75) is 32.2 Å². The second kappa shape index (κ2) is 9.03. The van der Waals surface area contributed by atoms with E-state index in [1.54, 1.807) is 22.9 Å². The van der Waals surface area contributed by atoms with Gasteiger partial charge in [0.1, 0.15) is 5.52 Å². The van der Waals surface area contributed by atoms with Crippen molar-refractivity contribution < 1.29 is 14.7 Å². The van der Waals surface area contributed by atoms with Gasteiger partial charge in [-0.15, -0.1) is 5.10 Å². The molecule has 0 spiro atoms. The van der Waals surface area contributed by atoms with Crippen LogP contribution in [0.1, 0.15) is 31.2 Å². The number of carboxylic acid groups (broad SMARTS) is 1. The fourth-order valence-corrected chi connectivity index (χ4v) is 3.10. The number of carbonyl (C=O) groups is 2. The van der Waals surface area contributed by atoms with Gasteiger partial charge in [0, 0.05) is 18.5 Å². The minimum Gasteiger partial charge on any atom is -0.481 e. The maximum Gasteiger partial charge on any atom is 0.303 e. The van der Waals surface area contributed by atoms with E-state index in [1.807, 2.05) is 18.2 Å². The Bertz CT molecular complexity index is 1020. The normalized spacial score (nSPS) is 10.9. The van der Waals surface area contributed by atoms with Gasteiger partial charge in [-0.1, -0.05) is 40.5 Å². The largest absolute Gasteiger partial charge is 0.481 e. The Labute approximate surface area is 171 Å². The highest BCUT2D eigenvalue weighted by molar-refractivity contribution is 6.42. The van der Waals surface area contributed by atoms with E-state index in [4.69, 9.17) is 28.3 Å². The summed E-state index contributed by atoms with van der Waals surface area (Å²) in [5.41, 5.74) is 3.02. The Morgan fingerprint density at radius 2 is 1.82 bits per heavy atom. The number of nitrogens with one attached hydrogen (secondary N) is 1. The van der Waals surface area contributed by atoms with Crippen LogP contribution in [0.3, 0.4) is 0 Å². The quantitative estimate of drug-likeness (QED) is 0.527. The first-order valence-corrected chi connectivity index (χ1v) is 9.47. The summed E-state index contributed by atoms with van der Waals surface area (Å²) in [6.45, 7) is 0.455. The van der Waals surface area contributed by atoms with Gasteiger partial charge in [-0.05, 0) is 42.7 Å². The highest BCUT2D eigenvalue weighted by Crippen LogP contribution is 2.27. The number of nitrogens with zero attached hydrogens (tertiary/aromatic N) is 3. The van der Waals surface area contributed by atoms with E-state index in [0.717, 1.165) is 11.1 Å². The minimum absolute atomic E-state index is 0.0733. The van der Waals surface area contributed by atoms with Crippen molar-refractivity contribution in [3.8, 4) is 0 Å². The lowest BCUT2D eigenvalue weighted by molar-refractivity contribution is -0.137. The highest BCUT2D eigenvalue weighted by Gasteiger charge is 2.10. The Hall–Kier alpha value is -2.64. The number of amides is 1. The van der Waals surface area contributed by atoms with Crippen molar-refractivity contribution in [1.29, 1.82) is 0 Å². The van der Waals surface area contributed by atoms with Crippen molar-refractivity contribution in [2.75, 3.05) is 5.32 Å². The summed E-state index contributed by atoms with van der Waals surface area (Å²) in [5.74, 6) is -0.993. The van der Waals surface area contributed by atoms with Gasteiger partial charge in [0.05, 0.1) is 22.1 Å². The summed E-state index contributed by atoms with van der Waals surface area (Å²) in [4.78, 5) is 22.5. The molecular weight excluding hydrogens is 403 g/mol. The molecule has 146 valence electrons. The topological polar surface area (TPSA) is 97.1 Å². The predicted molar refractivity (Wildman–Crippen MR) is 108 cm³/mol. The van der Waals surface area contributed by atoms with Crippen LogP contribution in [-0.2, 0) is 16.1 Å². The van der Waals surface area contributed by atoms with Crippen molar-refractivity contribution in [2.24, 2.45) is 0 Å². The van der Waals surface area contributed by atoms with Gasteiger partial charge in [0.2, 0.25) is 5.91 Å². The molecule has 1 amide bonds. The fraction of sp³-hybridized carbons (Fsp3) is 0.263. The molecule has 3 aromatic rings. The van der Waals surface area contributed by atoms with Crippen LogP contribution in [0.4, 0.5) is 5.69 Å². The molecule has 0 atom stereocenters. The lowest BCUT2D eigenvalue weighted by atomic mass is 10.1. The molecule has 0 unspecified atom stereocenters. The van der Waals surface area contributed by atoms with E-state index >= 15 is 0 Å². The number of aromatic nitrogens is 3. The molecule has 9 heteroatoms. The van der Waals surface area contributed by atoms with Crippen molar-refractivity contribution in [1.82, 2.24) is 15.0 Å². The summed E-state index contributed by atoms with van der Waals surface area (Å²) in [6.07, 6.45) is 1.37. The monoisotopic (exact) mass is 420 g/mol. The third-order valence-corrected chi connectivity index (χ3v) is 4.87. The molecule has 0 aliphatic rings. The second-order valence-corrected chi connectivity index (χ2v) is 7.17. The molecule has 2 aromatic carbocycles. The molecular formula is C19H18Cl2N4O3. The fourth-order valence-electron chi connectivity index (χ4n) is 2.79. The number of aliphatic carboxylic acids is 1. The van der Waals surface area contributed by atoms with E-state index < -0.39 is 5.97 Å². The van der Waals surface area contributed by atoms with Crippen LogP contribution in [0.25, 0.3) is 11.0 Å². The van der Waals surface area contributed by atoms with E-state index in [9.17, 15) is 9.59 Å². The summed E-state index contributed by atoms with van der Waals surface area (Å²) < 4.78 is 1.71. The molecule has 3 rings (SSSR count). The molecule has 28 heavy (non-hydrogen) atoms. The van der Waals surface area contributed by atoms with Crippen molar-refractivity contribution in [3.05, 3.63) is 52.0 Å². The molecule has 0 fully saturated rings. The Morgan fingerprint density at radius 1 is 1.07 bits per heavy atom. The smallest absolute Gasteiger partial charge is 0.303 e. The van der Waals surface area contributed by atoms with Crippen LogP contribution in [0, 0.1) is 0 Å². The van der Waals surface area contributed by atoms with Gasteiger partial charge >= 0.3 is 5.97 Å². The van der Waals surface area contributed by atoms with Gasteiger partial charge in [0.15, 0.2) is 0 Å². The maximum absolute atomic E-state index is 12.0. The molecule has 0 radical (unpaired) electrons. The third kappa shape index (κ3) is 5.21. The number of carboxylic acids is 1. The lowest BCUT2D eigenvalue weighted by Gasteiger charge is -2.08. The average Bonchev–Trinajstić information content (AvgIpc) is 3.01. The molecule has 1 heterocycles. The van der Waals surface area contributed by atoms with E-state index in [1.165, 1.54) is 0 Å². The maximum atomic E-state index is 12.0. The first-order valence-electron chi connectivity index (χ1n) is 8.71. The van der Waals surface area contributed by atoms with Gasteiger partial charge in [-0.3, -0.25) is 9.59 Å². The van der Waals surface area contributed by atoms with Gasteiger partial charge in [-0.25, -0.2) is 4.68 Å². The third-order valence-electron chi connectivity index (χ3n) is 4.14. The molecule has 0 aliphatic carbocycles. The minimum atomic E-state index is -0.850. The zero-order chi connectivity index (χ0) is 20.1. The number of unbranched alkanes of at least 4 members (excludes halogenated alkanes) is 1. The summed E-state index contributed by atoms with van der Waals surface area (Å²) in [6, 6.07) is 10.8. The first kappa shape index (κ1) is 20.1. The number of benzene rings is 2. The molecule has 0 saturated carbocycles. The summed E-state index contributed by atoms with van der Waals surface area (Å²) in [7, 11) is 0. The number of hydrogen-bond donors (Lipinski definition) is 2. The number of anilines is 1. The molecule has 0 saturated heterocycles. The summed E-state index contributed by atoms with van der Waals surface area (Å²) in [5, 5.41) is 20.6. The number of carbonyl (C=O) groups excluding carboxylic acids is 1. The Morgan fingerprint density at radius 3 is 2.61 bits per heavy atom. The number of fused-ring (bicyclic) bond motifs is 1. The predicted octanol–water partition coefficient (Wildman–Crippen LogP) is 4.37. The average molecular weight is 421 g/mol. The van der Waals surface area contributed by atoms with Gasteiger partial charge < -0.3 is 10.4 Å². The molecule has 0 bridgehead atoms. The molecule has 2 N–H and O–H groups in total. The number of halogens is 2. The van der Waals surface area contributed by atoms with Gasteiger partial charge in [-0.2, -0.15) is 0 Å². The van der Waals surface area contributed by atoms with E-state index in [-0.39, 0.29) is 18.7 Å². The van der Waals surface area contributed by atoms with E-state index in [2.05, 4.69) is 15.6 Å². The van der Waals surface area contributed by atoms with Crippen molar-refractivity contribution >= 4 is 51.8 Å². The van der Waals surface area contributed by atoms with Crippen LogP contribution < -0.4 is 5.32 Å². The standard InChI is InChI=1S/C19H18Cl2N4O3/c20-14-9-16-17(10-15(14)21)25(24-23-16)11-12-4-3-5-13(8-12)22-18(26)6-1-2-7-19(27)28/h3-5,8-10H,1-2,6-7,11H2,(H,22,26)(H,27,28). The SMILES string of the molecule is O=C(O)CCCCC(=O)Nc1cccc(Cn2nnc3cc(Cl)c(Cl)cc32)c1. The van der Waals surface area contributed by atoms with Crippen LogP contribution in [0.2, 0.25) is 10.0 Å². The first-order chi connectivity index (χ1) is 13.4. The Balaban J connectivity index is 1.64. The zero-order valence-corrected chi connectivity index (χ0v) is 16.4. The van der Waals surface area contributed by atoms with Crippen molar-refractivity contribution in [3.63, 3.8) is 0 Å². The van der Waals surface area contributed by atoms with Crippen LogP contribution >= 0.6 is 23.2 Å². The molecule has 1 aromatic heterocycles. The second-order valence-electron chi connectivity index (χ2n) is 6.35. The Kier molecular flexibility index (Phi) is 6.49. The lowest BCUT2D eigenvalue weighted by Crippen LogP contribution is -2.12. The number of hydrogen-bond acceptors (Lipinski definition) is 4. The molecule has 0 aliphatic heterocycles. The number of rotatable bonds is 8.